The largest absolute Gasteiger partial charge is 0.455 e. The van der Waals surface area contributed by atoms with E-state index in [2.05, 4.69) is 35.9 Å². The number of aromatic nitrogens is 6. The molecule has 0 fully saturated rings. The lowest BCUT2D eigenvalue weighted by Gasteiger charge is -2.12. The number of H-pyrrole nitrogens is 1. The van der Waals surface area contributed by atoms with Crippen molar-refractivity contribution in [3.05, 3.63) is 77.3 Å². The maximum Gasteiger partial charge on any atom is 0.174 e. The normalized spacial score (nSPS) is 10.8. The molecule has 0 aliphatic heterocycles. The van der Waals surface area contributed by atoms with Crippen LogP contribution in [-0.4, -0.2) is 30.6 Å². The van der Waals surface area contributed by atoms with Crippen molar-refractivity contribution in [2.75, 3.05) is 5.32 Å². The first-order valence-electron chi connectivity index (χ1n) is 9.43. The van der Waals surface area contributed by atoms with Gasteiger partial charge in [-0.05, 0) is 50.1 Å². The second-order valence-corrected chi connectivity index (χ2v) is 6.75. The number of tetrazole rings is 1. The van der Waals surface area contributed by atoms with Crippen LogP contribution in [0.2, 0.25) is 0 Å². The minimum atomic E-state index is -0.340. The first-order valence-corrected chi connectivity index (χ1v) is 9.43. The summed E-state index contributed by atoms with van der Waals surface area (Å²) in [6.07, 6.45) is 2.55. The van der Waals surface area contributed by atoms with Gasteiger partial charge in [0.25, 0.3) is 0 Å². The second kappa shape index (κ2) is 8.64. The van der Waals surface area contributed by atoms with Gasteiger partial charge in [0.1, 0.15) is 23.1 Å². The molecule has 152 valence electrons. The molecule has 3 aromatic heterocycles. The smallest absolute Gasteiger partial charge is 0.174 e. The van der Waals surface area contributed by atoms with Crippen molar-refractivity contribution in [2.45, 2.75) is 26.7 Å². The first kappa shape index (κ1) is 19.4. The summed E-state index contributed by atoms with van der Waals surface area (Å²) in [4.78, 5) is 8.66. The Morgan fingerprint density at radius 2 is 2.00 bits per heavy atom. The Hall–Kier alpha value is -3.88. The Morgan fingerprint density at radius 1 is 1.10 bits per heavy atom. The topological polar surface area (TPSA) is 102 Å². The molecule has 0 aliphatic rings. The Balaban J connectivity index is 1.49. The number of halogens is 1. The summed E-state index contributed by atoms with van der Waals surface area (Å²) < 4.78 is 20.8. The standard InChI is InChI=1S/C21H20FN7O/c1-13-6-8-18(14(2)24-13)30-16-10-11-23-20(12-16)25-17-5-3-4-15(21(17)22)7-9-19-26-28-29-27-19/h3-6,8,10-12H,7,9H2,1-2H3,(H,23,25)(H,26,27,28,29). The molecule has 8 nitrogen and oxygen atoms in total. The van der Waals surface area contributed by atoms with E-state index in [9.17, 15) is 4.39 Å². The zero-order valence-corrected chi connectivity index (χ0v) is 16.6. The highest BCUT2D eigenvalue weighted by Gasteiger charge is 2.11. The quantitative estimate of drug-likeness (QED) is 0.478. The lowest BCUT2D eigenvalue weighted by molar-refractivity contribution is 0.475. The molecule has 9 heteroatoms. The van der Waals surface area contributed by atoms with E-state index in [1.165, 1.54) is 0 Å². The van der Waals surface area contributed by atoms with E-state index in [0.29, 0.717) is 47.2 Å². The molecular formula is C21H20FN7O. The molecule has 3 heterocycles. The molecule has 0 aliphatic carbocycles. The number of nitrogens with zero attached hydrogens (tertiary/aromatic N) is 5. The molecule has 0 spiro atoms. The van der Waals surface area contributed by atoms with Gasteiger partial charge in [0, 0.05) is 24.4 Å². The average molecular weight is 405 g/mol. The molecule has 0 saturated heterocycles. The molecule has 0 bridgehead atoms. The fourth-order valence-corrected chi connectivity index (χ4v) is 2.99. The molecule has 0 amide bonds. The number of aryl methyl sites for hydroxylation is 4. The number of aromatic amines is 1. The van der Waals surface area contributed by atoms with Crippen LogP contribution in [0.3, 0.4) is 0 Å². The van der Waals surface area contributed by atoms with Gasteiger partial charge in [-0.25, -0.2) is 9.37 Å². The molecule has 0 unspecified atom stereocenters. The van der Waals surface area contributed by atoms with Crippen LogP contribution in [0.5, 0.6) is 11.5 Å². The predicted octanol–water partition coefficient (Wildman–Crippen LogP) is 4.07. The molecule has 4 rings (SSSR count). The van der Waals surface area contributed by atoms with E-state index in [1.807, 2.05) is 26.0 Å². The highest BCUT2D eigenvalue weighted by Crippen LogP contribution is 2.27. The van der Waals surface area contributed by atoms with Crippen molar-refractivity contribution in [1.82, 2.24) is 30.6 Å². The monoisotopic (exact) mass is 405 g/mol. The van der Waals surface area contributed by atoms with Crippen LogP contribution in [0.1, 0.15) is 22.8 Å². The van der Waals surface area contributed by atoms with Crippen molar-refractivity contribution >= 4 is 11.5 Å². The number of nitrogens with one attached hydrogen (secondary N) is 2. The average Bonchev–Trinajstić information content (AvgIpc) is 3.25. The van der Waals surface area contributed by atoms with Crippen molar-refractivity contribution in [1.29, 1.82) is 0 Å². The van der Waals surface area contributed by atoms with Crippen LogP contribution in [0.4, 0.5) is 15.9 Å². The van der Waals surface area contributed by atoms with Gasteiger partial charge in [-0.3, -0.25) is 4.98 Å². The van der Waals surface area contributed by atoms with Gasteiger partial charge in [0.05, 0.1) is 11.4 Å². The lowest BCUT2D eigenvalue weighted by Crippen LogP contribution is -2.02. The van der Waals surface area contributed by atoms with Crippen LogP contribution in [0.15, 0.2) is 48.7 Å². The molecule has 0 saturated carbocycles. The van der Waals surface area contributed by atoms with Crippen molar-refractivity contribution in [3.63, 3.8) is 0 Å². The molecule has 0 atom stereocenters. The van der Waals surface area contributed by atoms with Crippen molar-refractivity contribution in [2.24, 2.45) is 0 Å². The molecule has 1 aromatic carbocycles. The van der Waals surface area contributed by atoms with Crippen molar-refractivity contribution < 1.29 is 9.13 Å². The Kier molecular flexibility index (Phi) is 5.60. The molecule has 2 N–H and O–H groups in total. The van der Waals surface area contributed by atoms with E-state index in [0.717, 1.165) is 11.4 Å². The number of hydrogen-bond donors (Lipinski definition) is 2. The summed E-state index contributed by atoms with van der Waals surface area (Å²) in [5, 5.41) is 16.7. The fraction of sp³-hybridized carbons (Fsp3) is 0.190. The van der Waals surface area contributed by atoms with Gasteiger partial charge < -0.3 is 10.1 Å². The minimum Gasteiger partial charge on any atom is -0.455 e. The number of benzene rings is 1. The first-order chi connectivity index (χ1) is 14.6. The highest BCUT2D eigenvalue weighted by atomic mass is 19.1. The zero-order chi connectivity index (χ0) is 20.9. The van der Waals surface area contributed by atoms with E-state index in [4.69, 9.17) is 4.74 Å². The summed E-state index contributed by atoms with van der Waals surface area (Å²) in [5.41, 5.74) is 2.60. The summed E-state index contributed by atoms with van der Waals surface area (Å²) in [6.45, 7) is 3.81. The highest BCUT2D eigenvalue weighted by molar-refractivity contribution is 5.59. The van der Waals surface area contributed by atoms with Crippen LogP contribution >= 0.6 is 0 Å². The van der Waals surface area contributed by atoms with Gasteiger partial charge >= 0.3 is 0 Å². The molecular weight excluding hydrogens is 385 g/mol. The van der Waals surface area contributed by atoms with E-state index in [-0.39, 0.29) is 5.82 Å². The van der Waals surface area contributed by atoms with Gasteiger partial charge in [-0.15, -0.1) is 10.2 Å². The van der Waals surface area contributed by atoms with Gasteiger partial charge in [0.2, 0.25) is 0 Å². The van der Waals surface area contributed by atoms with E-state index >= 15 is 0 Å². The Labute approximate surface area is 172 Å². The number of ether oxygens (including phenoxy) is 1. The number of anilines is 2. The van der Waals surface area contributed by atoms with Crippen LogP contribution < -0.4 is 10.1 Å². The van der Waals surface area contributed by atoms with Gasteiger partial charge in [-0.2, -0.15) is 5.21 Å². The Morgan fingerprint density at radius 3 is 2.80 bits per heavy atom. The number of rotatable bonds is 7. The van der Waals surface area contributed by atoms with Crippen molar-refractivity contribution in [3.8, 4) is 11.5 Å². The third-order valence-electron chi connectivity index (χ3n) is 4.48. The SMILES string of the molecule is Cc1ccc(Oc2ccnc(Nc3cccc(CCc4nn[nH]n4)c3F)c2)c(C)n1. The van der Waals surface area contributed by atoms with E-state index in [1.54, 1.807) is 36.5 Å². The minimum absolute atomic E-state index is 0.332. The van der Waals surface area contributed by atoms with Gasteiger partial charge in [0.15, 0.2) is 5.82 Å². The predicted molar refractivity (Wildman–Crippen MR) is 109 cm³/mol. The maximum atomic E-state index is 14.9. The van der Waals surface area contributed by atoms with Crippen LogP contribution in [-0.2, 0) is 12.8 Å². The number of pyridine rings is 2. The fourth-order valence-electron chi connectivity index (χ4n) is 2.99. The zero-order valence-electron chi connectivity index (χ0n) is 16.6. The Bertz CT molecular complexity index is 1150. The van der Waals surface area contributed by atoms with Crippen LogP contribution in [0, 0.1) is 19.7 Å². The van der Waals surface area contributed by atoms with Gasteiger partial charge in [-0.1, -0.05) is 17.3 Å². The molecule has 30 heavy (non-hydrogen) atoms. The summed E-state index contributed by atoms with van der Waals surface area (Å²) in [5.74, 6) is 1.91. The number of hydrogen-bond acceptors (Lipinski definition) is 7. The summed E-state index contributed by atoms with van der Waals surface area (Å²) in [6, 6.07) is 12.4. The molecule has 0 radical (unpaired) electrons. The van der Waals surface area contributed by atoms with Crippen LogP contribution in [0.25, 0.3) is 0 Å². The maximum absolute atomic E-state index is 14.9. The molecule has 4 aromatic rings. The summed E-state index contributed by atoms with van der Waals surface area (Å²) in [7, 11) is 0. The second-order valence-electron chi connectivity index (χ2n) is 6.75. The third-order valence-corrected chi connectivity index (χ3v) is 4.48. The summed E-state index contributed by atoms with van der Waals surface area (Å²) >= 11 is 0. The third kappa shape index (κ3) is 4.57. The lowest BCUT2D eigenvalue weighted by atomic mass is 10.1. The van der Waals surface area contributed by atoms with E-state index < -0.39 is 0 Å².